The molecule has 0 N–H and O–H groups in total. The predicted molar refractivity (Wildman–Crippen MR) is 152 cm³/mol. The average Bonchev–Trinajstić information content (AvgIpc) is 2.89. The van der Waals surface area contributed by atoms with Crippen LogP contribution in [0.1, 0.15) is 5.56 Å². The molecule has 0 saturated carbocycles. The lowest BCUT2D eigenvalue weighted by atomic mass is 9.36. The maximum absolute atomic E-state index is 2.38. The smallest absolute Gasteiger partial charge is 0.247 e. The number of para-hydroxylation sites is 2. The first-order valence-corrected chi connectivity index (χ1v) is 13.5. The van der Waals surface area contributed by atoms with E-state index < -0.39 is 0 Å². The molecule has 2 heterocycles. The Labute approximate surface area is 215 Å². The fraction of sp³-hybridized carbons (Fsp3) is 0.0323. The van der Waals surface area contributed by atoms with Gasteiger partial charge in [-0.2, -0.15) is 0 Å². The van der Waals surface area contributed by atoms with Gasteiger partial charge in [-0.15, -0.1) is 0 Å². The molecule has 5 aromatic carbocycles. The average molecular weight is 483 g/mol. The molecule has 0 unspecified atom stereocenters. The second-order valence-electron chi connectivity index (χ2n) is 9.08. The number of hydrogen-bond donors (Lipinski definition) is 0. The minimum Gasteiger partial charge on any atom is -0.310 e. The fourth-order valence-electron chi connectivity index (χ4n) is 5.30. The van der Waals surface area contributed by atoms with Gasteiger partial charge in [0.25, 0.3) is 0 Å². The highest BCUT2D eigenvalue weighted by atomic mass is 32.2. The molecule has 0 aliphatic carbocycles. The molecule has 166 valence electrons. The van der Waals surface area contributed by atoms with E-state index in [0.29, 0.717) is 0 Å². The first-order valence-electron chi connectivity index (χ1n) is 11.9. The molecule has 0 atom stereocenters. The van der Waals surface area contributed by atoms with Gasteiger partial charge in [0.2, 0.25) is 6.71 Å². The lowest BCUT2D eigenvalue weighted by molar-refractivity contribution is 1.25. The molecule has 0 bridgehead atoms. The van der Waals surface area contributed by atoms with E-state index in [-0.39, 0.29) is 6.71 Å². The molecule has 2 aliphatic heterocycles. The van der Waals surface area contributed by atoms with Crippen molar-refractivity contribution < 1.29 is 0 Å². The Morgan fingerprint density at radius 2 is 1.09 bits per heavy atom. The Kier molecular flexibility index (Phi) is 5.04. The zero-order chi connectivity index (χ0) is 23.4. The number of rotatable bonds is 3. The van der Waals surface area contributed by atoms with Crippen LogP contribution in [0, 0.1) is 6.92 Å². The van der Waals surface area contributed by atoms with Crippen molar-refractivity contribution in [3.8, 4) is 0 Å². The molecule has 0 amide bonds. The van der Waals surface area contributed by atoms with Crippen molar-refractivity contribution in [2.75, 3.05) is 4.90 Å². The van der Waals surface area contributed by atoms with Crippen LogP contribution in [0.15, 0.2) is 135 Å². The lowest BCUT2D eigenvalue weighted by Crippen LogP contribution is -2.58. The predicted octanol–water partition coefficient (Wildman–Crippen LogP) is 6.91. The number of nitrogens with zero attached hydrogens (tertiary/aromatic N) is 1. The highest BCUT2D eigenvalue weighted by Gasteiger charge is 2.38. The van der Waals surface area contributed by atoms with E-state index in [9.17, 15) is 0 Å². The summed E-state index contributed by atoms with van der Waals surface area (Å²) in [6.45, 7) is 2.50. The first-order chi connectivity index (χ1) is 17.3. The number of aryl methyl sites for hydroxylation is 1. The lowest BCUT2D eigenvalue weighted by Gasteiger charge is -2.34. The Balaban J connectivity index is 1.42. The number of benzene rings is 5. The van der Waals surface area contributed by atoms with Crippen LogP contribution in [-0.4, -0.2) is 6.71 Å². The van der Waals surface area contributed by atoms with Gasteiger partial charge in [0.1, 0.15) is 0 Å². The Hall–Kier alpha value is -3.34. The third kappa shape index (κ3) is 3.52. The second kappa shape index (κ2) is 8.40. The highest BCUT2D eigenvalue weighted by Crippen LogP contribution is 2.41. The molecule has 5 aromatic rings. The van der Waals surface area contributed by atoms with Crippen LogP contribution in [0.2, 0.25) is 0 Å². The first kappa shape index (κ1) is 21.0. The van der Waals surface area contributed by atoms with Crippen molar-refractivity contribution in [3.63, 3.8) is 0 Å². The maximum atomic E-state index is 2.38. The second-order valence-corrected chi connectivity index (χ2v) is 11.2. The van der Waals surface area contributed by atoms with Gasteiger partial charge in [0.15, 0.2) is 0 Å². The standard InChI is InChI=1S/C31H22BNS2/c1-21-18-29-31-30(19-21)35-28-20-24(16-17-26(28)32(31)25-14-8-9-15-27(25)34-29)33(22-10-4-2-5-11-22)23-12-6-3-7-13-23/h2-20H,1H3. The van der Waals surface area contributed by atoms with E-state index in [1.165, 1.54) is 47.2 Å². The maximum Gasteiger partial charge on any atom is 0.247 e. The monoisotopic (exact) mass is 483 g/mol. The molecular formula is C31H22BNS2. The van der Waals surface area contributed by atoms with Gasteiger partial charge in [-0.05, 0) is 72.5 Å². The third-order valence-corrected chi connectivity index (χ3v) is 9.08. The van der Waals surface area contributed by atoms with Crippen LogP contribution in [0.25, 0.3) is 0 Å². The summed E-state index contributed by atoms with van der Waals surface area (Å²) in [5.41, 5.74) is 9.15. The molecule has 0 fully saturated rings. The molecule has 4 heteroatoms. The highest BCUT2D eigenvalue weighted by molar-refractivity contribution is 8.01. The summed E-state index contributed by atoms with van der Waals surface area (Å²) in [6.07, 6.45) is 0. The summed E-state index contributed by atoms with van der Waals surface area (Å²) >= 11 is 3.84. The fourth-order valence-corrected chi connectivity index (χ4v) is 7.94. The van der Waals surface area contributed by atoms with Crippen LogP contribution < -0.4 is 21.3 Å². The van der Waals surface area contributed by atoms with Crippen molar-refractivity contribution in [2.24, 2.45) is 0 Å². The summed E-state index contributed by atoms with van der Waals surface area (Å²) < 4.78 is 0. The number of fused-ring (bicyclic) bond motifs is 4. The zero-order valence-corrected chi connectivity index (χ0v) is 20.9. The SMILES string of the molecule is Cc1cc2c3c(c1)Sc1cc(N(c4ccccc4)c4ccccc4)ccc1B3c1ccccc1S2. The Morgan fingerprint density at radius 3 is 1.77 bits per heavy atom. The van der Waals surface area contributed by atoms with Crippen LogP contribution in [0.5, 0.6) is 0 Å². The van der Waals surface area contributed by atoms with Gasteiger partial charge in [0.05, 0.1) is 0 Å². The number of anilines is 3. The zero-order valence-electron chi connectivity index (χ0n) is 19.3. The van der Waals surface area contributed by atoms with Gasteiger partial charge in [-0.3, -0.25) is 0 Å². The minimum atomic E-state index is 0.283. The molecule has 7 rings (SSSR count). The Bertz CT molecular complexity index is 1530. The Morgan fingerprint density at radius 1 is 0.514 bits per heavy atom. The quantitative estimate of drug-likeness (QED) is 0.252. The van der Waals surface area contributed by atoms with Crippen LogP contribution in [0.3, 0.4) is 0 Å². The summed E-state index contributed by atoms with van der Waals surface area (Å²) in [7, 11) is 0. The van der Waals surface area contributed by atoms with Gasteiger partial charge in [-0.25, -0.2) is 0 Å². The summed E-state index contributed by atoms with van der Waals surface area (Å²) in [5, 5.41) is 0. The molecule has 2 aliphatic rings. The topological polar surface area (TPSA) is 3.24 Å². The molecular weight excluding hydrogens is 461 g/mol. The third-order valence-electron chi connectivity index (χ3n) is 6.80. The van der Waals surface area contributed by atoms with E-state index >= 15 is 0 Å². The van der Waals surface area contributed by atoms with Crippen molar-refractivity contribution in [1.29, 1.82) is 0 Å². The largest absolute Gasteiger partial charge is 0.310 e. The summed E-state index contributed by atoms with van der Waals surface area (Å²) in [6, 6.07) is 42.0. The van der Waals surface area contributed by atoms with Crippen LogP contribution in [0.4, 0.5) is 17.1 Å². The van der Waals surface area contributed by atoms with E-state index in [2.05, 4.69) is 127 Å². The van der Waals surface area contributed by atoms with E-state index in [4.69, 9.17) is 0 Å². The molecule has 0 saturated heterocycles. The van der Waals surface area contributed by atoms with Crippen LogP contribution in [-0.2, 0) is 0 Å². The van der Waals surface area contributed by atoms with Gasteiger partial charge in [-0.1, -0.05) is 95.1 Å². The molecule has 35 heavy (non-hydrogen) atoms. The van der Waals surface area contributed by atoms with Crippen molar-refractivity contribution in [2.45, 2.75) is 26.5 Å². The summed E-state index contributed by atoms with van der Waals surface area (Å²) in [5.74, 6) is 0. The summed E-state index contributed by atoms with van der Waals surface area (Å²) in [4.78, 5) is 7.86. The molecule has 0 radical (unpaired) electrons. The van der Waals surface area contributed by atoms with Gasteiger partial charge < -0.3 is 4.90 Å². The minimum absolute atomic E-state index is 0.283. The van der Waals surface area contributed by atoms with Crippen molar-refractivity contribution in [1.82, 2.24) is 0 Å². The molecule has 0 spiro atoms. The van der Waals surface area contributed by atoms with E-state index in [1.807, 2.05) is 23.5 Å². The van der Waals surface area contributed by atoms with Crippen LogP contribution >= 0.6 is 23.5 Å². The van der Waals surface area contributed by atoms with E-state index in [1.54, 1.807) is 0 Å². The van der Waals surface area contributed by atoms with Gasteiger partial charge in [0, 0.05) is 36.6 Å². The van der Waals surface area contributed by atoms with E-state index in [0.717, 1.165) is 11.4 Å². The number of hydrogen-bond acceptors (Lipinski definition) is 3. The normalized spacial score (nSPS) is 13.0. The molecule has 0 aromatic heterocycles. The van der Waals surface area contributed by atoms with Crippen molar-refractivity contribution in [3.05, 3.63) is 121 Å². The molecule has 1 nitrogen and oxygen atoms in total. The van der Waals surface area contributed by atoms with Gasteiger partial charge >= 0.3 is 0 Å². The van der Waals surface area contributed by atoms with Crippen molar-refractivity contribution >= 4 is 63.7 Å².